The van der Waals surface area contributed by atoms with Crippen LogP contribution in [0.2, 0.25) is 0 Å². The number of hydrogen-bond donors (Lipinski definition) is 2. The highest BCUT2D eigenvalue weighted by Gasteiger charge is 2.26. The molecule has 3 rings (SSSR count). The average Bonchev–Trinajstić information content (AvgIpc) is 2.69. The van der Waals surface area contributed by atoms with Gasteiger partial charge in [0, 0.05) is 19.1 Å². The summed E-state index contributed by atoms with van der Waals surface area (Å²) in [6, 6.07) is 7.20. The molecule has 1 aromatic rings. The van der Waals surface area contributed by atoms with Crippen molar-refractivity contribution in [3.8, 4) is 0 Å². The van der Waals surface area contributed by atoms with E-state index in [2.05, 4.69) is 21.9 Å². The second-order valence-electron chi connectivity index (χ2n) is 8.84. The highest BCUT2D eigenvalue weighted by Crippen LogP contribution is 2.24. The van der Waals surface area contributed by atoms with E-state index in [-0.39, 0.29) is 11.8 Å². The maximum Gasteiger partial charge on any atom is 0.240 e. The summed E-state index contributed by atoms with van der Waals surface area (Å²) in [6.45, 7) is 6.63. The lowest BCUT2D eigenvalue weighted by molar-refractivity contribution is -0.123. The van der Waals surface area contributed by atoms with E-state index < -0.39 is 10.0 Å². The van der Waals surface area contributed by atoms with Gasteiger partial charge in [0.15, 0.2) is 0 Å². The third-order valence-corrected chi connectivity index (χ3v) is 7.76. The highest BCUT2D eigenvalue weighted by molar-refractivity contribution is 7.89. The predicted molar refractivity (Wildman–Crippen MR) is 115 cm³/mol. The van der Waals surface area contributed by atoms with Gasteiger partial charge in [-0.1, -0.05) is 37.5 Å². The smallest absolute Gasteiger partial charge is 0.240 e. The van der Waals surface area contributed by atoms with E-state index in [1.165, 1.54) is 19.3 Å². The minimum Gasteiger partial charge on any atom is -0.352 e. The van der Waals surface area contributed by atoms with E-state index in [1.807, 2.05) is 19.1 Å². The van der Waals surface area contributed by atoms with Crippen molar-refractivity contribution < 1.29 is 13.2 Å². The molecule has 1 amide bonds. The Balaban J connectivity index is 1.46. The summed E-state index contributed by atoms with van der Waals surface area (Å²) in [5.74, 6) is 0.882. The number of nitrogens with one attached hydrogen (secondary N) is 2. The fourth-order valence-electron chi connectivity index (χ4n) is 4.48. The first-order valence-corrected chi connectivity index (χ1v) is 12.4. The molecule has 7 heteroatoms. The second kappa shape index (κ2) is 10.0. The molecule has 3 unspecified atom stereocenters. The van der Waals surface area contributed by atoms with Crippen molar-refractivity contribution in [3.05, 3.63) is 29.8 Å². The van der Waals surface area contributed by atoms with Gasteiger partial charge < -0.3 is 5.32 Å². The molecule has 3 atom stereocenters. The third-order valence-electron chi connectivity index (χ3n) is 6.32. The number of hydrogen-bond acceptors (Lipinski definition) is 4. The molecule has 0 bridgehead atoms. The van der Waals surface area contributed by atoms with Crippen molar-refractivity contribution in [1.82, 2.24) is 14.9 Å². The van der Waals surface area contributed by atoms with Gasteiger partial charge >= 0.3 is 0 Å². The SMILES string of the molecule is Cc1ccc(S(=O)(=O)NCC2CCCN(CC(=O)NC3CCCCC3C)C2)cc1. The van der Waals surface area contributed by atoms with Crippen LogP contribution in [0.25, 0.3) is 0 Å². The largest absolute Gasteiger partial charge is 0.352 e. The number of carbonyl (C=O) groups is 1. The molecule has 29 heavy (non-hydrogen) atoms. The fraction of sp³-hybridized carbons (Fsp3) is 0.682. The Labute approximate surface area is 175 Å². The number of aryl methyl sites for hydroxylation is 1. The summed E-state index contributed by atoms with van der Waals surface area (Å²) in [4.78, 5) is 15.0. The Hall–Kier alpha value is -1.44. The van der Waals surface area contributed by atoms with E-state index in [9.17, 15) is 13.2 Å². The van der Waals surface area contributed by atoms with Crippen LogP contribution < -0.4 is 10.0 Å². The first-order chi connectivity index (χ1) is 13.8. The zero-order valence-corrected chi connectivity index (χ0v) is 18.5. The van der Waals surface area contributed by atoms with Gasteiger partial charge in [-0.15, -0.1) is 0 Å². The van der Waals surface area contributed by atoms with Crippen LogP contribution in [0.1, 0.15) is 51.0 Å². The van der Waals surface area contributed by atoms with Crippen LogP contribution in [-0.4, -0.2) is 51.4 Å². The molecule has 162 valence electrons. The average molecular weight is 422 g/mol. The minimum atomic E-state index is -3.49. The summed E-state index contributed by atoms with van der Waals surface area (Å²) in [5.41, 5.74) is 1.03. The standard InChI is InChI=1S/C22H35N3O3S/c1-17-9-11-20(12-10-17)29(27,28)23-14-19-7-5-13-25(15-19)16-22(26)24-21-8-4-3-6-18(21)2/h9-12,18-19,21,23H,3-8,13-16H2,1-2H3,(H,24,26). The van der Waals surface area contributed by atoms with Crippen molar-refractivity contribution in [1.29, 1.82) is 0 Å². The van der Waals surface area contributed by atoms with Gasteiger partial charge in [-0.25, -0.2) is 13.1 Å². The number of benzene rings is 1. The number of carbonyl (C=O) groups excluding carboxylic acids is 1. The van der Waals surface area contributed by atoms with Gasteiger partial charge in [-0.2, -0.15) is 0 Å². The van der Waals surface area contributed by atoms with Gasteiger partial charge in [-0.3, -0.25) is 9.69 Å². The van der Waals surface area contributed by atoms with E-state index in [4.69, 9.17) is 0 Å². The van der Waals surface area contributed by atoms with Crippen molar-refractivity contribution in [2.75, 3.05) is 26.2 Å². The summed E-state index contributed by atoms with van der Waals surface area (Å²) in [6.07, 6.45) is 6.70. The second-order valence-corrected chi connectivity index (χ2v) is 10.6. The number of amides is 1. The summed E-state index contributed by atoms with van der Waals surface area (Å²) in [5, 5.41) is 3.22. The monoisotopic (exact) mass is 421 g/mol. The molecular formula is C22H35N3O3S. The van der Waals surface area contributed by atoms with Crippen molar-refractivity contribution in [2.45, 2.75) is 63.3 Å². The molecule has 0 aromatic heterocycles. The zero-order chi connectivity index (χ0) is 20.9. The first-order valence-electron chi connectivity index (χ1n) is 10.9. The Morgan fingerprint density at radius 2 is 1.83 bits per heavy atom. The molecule has 1 saturated heterocycles. The summed E-state index contributed by atoms with van der Waals surface area (Å²) in [7, 11) is -3.49. The fourth-order valence-corrected chi connectivity index (χ4v) is 5.59. The van der Waals surface area contributed by atoms with Gasteiger partial charge in [0.2, 0.25) is 15.9 Å². The number of nitrogens with zero attached hydrogens (tertiary/aromatic N) is 1. The lowest BCUT2D eigenvalue weighted by atomic mass is 9.86. The molecule has 0 radical (unpaired) electrons. The molecule has 0 spiro atoms. The van der Waals surface area contributed by atoms with Crippen LogP contribution in [0.5, 0.6) is 0 Å². The van der Waals surface area contributed by atoms with Crippen molar-refractivity contribution in [2.24, 2.45) is 11.8 Å². The Morgan fingerprint density at radius 1 is 1.10 bits per heavy atom. The number of rotatable bonds is 7. The Bertz CT molecular complexity index is 779. The lowest BCUT2D eigenvalue weighted by Gasteiger charge is -2.34. The molecule has 1 heterocycles. The van der Waals surface area contributed by atoms with E-state index >= 15 is 0 Å². The van der Waals surface area contributed by atoms with Crippen molar-refractivity contribution in [3.63, 3.8) is 0 Å². The van der Waals surface area contributed by atoms with Crippen LogP contribution in [0.3, 0.4) is 0 Å². The topological polar surface area (TPSA) is 78.5 Å². The third kappa shape index (κ3) is 6.52. The van der Waals surface area contributed by atoms with Crippen LogP contribution in [0.15, 0.2) is 29.2 Å². The lowest BCUT2D eigenvalue weighted by Crippen LogP contribution is -2.48. The first kappa shape index (κ1) is 22.2. The van der Waals surface area contributed by atoms with Crippen LogP contribution >= 0.6 is 0 Å². The molecule has 2 N–H and O–H groups in total. The Morgan fingerprint density at radius 3 is 2.55 bits per heavy atom. The van der Waals surface area contributed by atoms with Crippen LogP contribution in [-0.2, 0) is 14.8 Å². The minimum absolute atomic E-state index is 0.102. The quantitative estimate of drug-likeness (QED) is 0.710. The summed E-state index contributed by atoms with van der Waals surface area (Å²) >= 11 is 0. The van der Waals surface area contributed by atoms with E-state index in [0.29, 0.717) is 29.9 Å². The molecular weight excluding hydrogens is 386 g/mol. The normalized spacial score (nSPS) is 26.2. The molecule has 1 saturated carbocycles. The van der Waals surface area contributed by atoms with Gasteiger partial charge in [-0.05, 0) is 63.1 Å². The van der Waals surface area contributed by atoms with E-state index in [1.54, 1.807) is 12.1 Å². The van der Waals surface area contributed by atoms with Gasteiger partial charge in [0.05, 0.1) is 11.4 Å². The number of sulfonamides is 1. The van der Waals surface area contributed by atoms with Crippen LogP contribution in [0, 0.1) is 18.8 Å². The predicted octanol–water partition coefficient (Wildman–Crippen LogP) is 2.68. The molecule has 1 aliphatic carbocycles. The molecule has 1 aliphatic heterocycles. The number of piperidine rings is 1. The molecule has 1 aromatic carbocycles. The van der Waals surface area contributed by atoms with Gasteiger partial charge in [0.25, 0.3) is 0 Å². The maximum atomic E-state index is 12.5. The highest BCUT2D eigenvalue weighted by atomic mass is 32.2. The summed E-state index contributed by atoms with van der Waals surface area (Å²) < 4.78 is 27.8. The maximum absolute atomic E-state index is 12.5. The number of likely N-dealkylation sites (tertiary alicyclic amines) is 1. The zero-order valence-electron chi connectivity index (χ0n) is 17.7. The van der Waals surface area contributed by atoms with Gasteiger partial charge in [0.1, 0.15) is 0 Å². The molecule has 6 nitrogen and oxygen atoms in total. The van der Waals surface area contributed by atoms with Crippen LogP contribution in [0.4, 0.5) is 0 Å². The molecule has 2 fully saturated rings. The Kier molecular flexibility index (Phi) is 7.71. The van der Waals surface area contributed by atoms with E-state index in [0.717, 1.165) is 37.9 Å². The van der Waals surface area contributed by atoms with Crippen molar-refractivity contribution >= 4 is 15.9 Å². The molecule has 2 aliphatic rings.